The van der Waals surface area contributed by atoms with E-state index in [9.17, 15) is 4.79 Å². The average molecular weight is 293 g/mol. The Morgan fingerprint density at radius 3 is 2.43 bits per heavy atom. The molecule has 0 unspecified atom stereocenters. The molecule has 0 saturated carbocycles. The minimum absolute atomic E-state index is 0.0333. The normalized spacial score (nSPS) is 19.0. The Hall–Kier alpha value is -1.59. The second kappa shape index (κ2) is 6.45. The lowest BCUT2D eigenvalue weighted by Gasteiger charge is -2.23. The first-order valence-electron chi connectivity index (χ1n) is 7.17. The lowest BCUT2D eigenvalue weighted by molar-refractivity contribution is 0.0495. The van der Waals surface area contributed by atoms with Crippen molar-refractivity contribution in [2.75, 3.05) is 6.61 Å². The minimum atomic E-state index is -0.512. The van der Waals surface area contributed by atoms with Crippen LogP contribution < -0.4 is 5.32 Å². The maximum atomic E-state index is 11.9. The van der Waals surface area contributed by atoms with Gasteiger partial charge in [0.25, 0.3) is 0 Å². The molecule has 1 heterocycles. The van der Waals surface area contributed by atoms with Crippen molar-refractivity contribution in [3.63, 3.8) is 0 Å². The molecule has 1 aliphatic heterocycles. The van der Waals surface area contributed by atoms with Crippen molar-refractivity contribution >= 4 is 6.09 Å². The Balaban J connectivity index is 1.94. The smallest absolute Gasteiger partial charge is 0.407 e. The molecule has 0 spiro atoms. The maximum Gasteiger partial charge on any atom is 0.407 e. The van der Waals surface area contributed by atoms with Crippen LogP contribution in [-0.4, -0.2) is 35.6 Å². The highest BCUT2D eigenvalue weighted by Gasteiger charge is 2.34. The van der Waals surface area contributed by atoms with E-state index in [1.54, 1.807) is 0 Å². The third kappa shape index (κ3) is 5.36. The monoisotopic (exact) mass is 293 g/mol. The van der Waals surface area contributed by atoms with E-state index in [0.717, 1.165) is 11.1 Å². The molecular formula is C16H23NO4. The summed E-state index contributed by atoms with van der Waals surface area (Å²) >= 11 is 0. The molecule has 116 valence electrons. The van der Waals surface area contributed by atoms with Gasteiger partial charge in [-0.3, -0.25) is 0 Å². The number of epoxide rings is 1. The number of hydrogen-bond donors (Lipinski definition) is 2. The second-order valence-electron chi connectivity index (χ2n) is 6.30. The zero-order valence-electron chi connectivity index (χ0n) is 12.8. The molecule has 1 aromatic rings. The predicted molar refractivity (Wildman–Crippen MR) is 79.0 cm³/mol. The highest BCUT2D eigenvalue weighted by atomic mass is 16.6. The number of benzene rings is 1. The van der Waals surface area contributed by atoms with Crippen LogP contribution in [0.25, 0.3) is 0 Å². The van der Waals surface area contributed by atoms with E-state index in [1.165, 1.54) is 0 Å². The zero-order chi connectivity index (χ0) is 15.5. The van der Waals surface area contributed by atoms with Gasteiger partial charge in [0.1, 0.15) is 11.7 Å². The van der Waals surface area contributed by atoms with E-state index in [0.29, 0.717) is 13.0 Å². The Morgan fingerprint density at radius 1 is 1.38 bits per heavy atom. The summed E-state index contributed by atoms with van der Waals surface area (Å²) in [4.78, 5) is 11.9. The van der Waals surface area contributed by atoms with Gasteiger partial charge in [0.05, 0.1) is 19.3 Å². The van der Waals surface area contributed by atoms with Gasteiger partial charge < -0.3 is 19.9 Å². The predicted octanol–water partition coefficient (Wildman–Crippen LogP) is 2.01. The summed E-state index contributed by atoms with van der Waals surface area (Å²) in [7, 11) is 0. The van der Waals surface area contributed by atoms with Gasteiger partial charge in [0.15, 0.2) is 0 Å². The Morgan fingerprint density at radius 2 is 1.95 bits per heavy atom. The van der Waals surface area contributed by atoms with Gasteiger partial charge in [-0.15, -0.1) is 0 Å². The van der Waals surface area contributed by atoms with Crippen LogP contribution in [0.3, 0.4) is 0 Å². The standard InChI is InChI=1S/C16H23NO4/c1-16(2,3)21-15(19)17-13(14-10-20-14)8-11-4-6-12(9-18)7-5-11/h4-7,13-14,18H,8-10H2,1-3H3,(H,17,19)/t13-,14+/m0/s1. The summed E-state index contributed by atoms with van der Waals surface area (Å²) < 4.78 is 10.6. The molecule has 5 heteroatoms. The van der Waals surface area contributed by atoms with Crippen molar-refractivity contribution in [3.8, 4) is 0 Å². The molecule has 0 aliphatic carbocycles. The van der Waals surface area contributed by atoms with Crippen LogP contribution in [0.5, 0.6) is 0 Å². The van der Waals surface area contributed by atoms with Crippen molar-refractivity contribution < 1.29 is 19.4 Å². The van der Waals surface area contributed by atoms with Gasteiger partial charge in [0, 0.05) is 0 Å². The quantitative estimate of drug-likeness (QED) is 0.815. The van der Waals surface area contributed by atoms with Crippen LogP contribution in [0.15, 0.2) is 24.3 Å². The fourth-order valence-electron chi connectivity index (χ4n) is 2.06. The molecule has 0 radical (unpaired) electrons. The number of aliphatic hydroxyl groups is 1. The van der Waals surface area contributed by atoms with Crippen molar-refractivity contribution in [2.45, 2.75) is 51.5 Å². The SMILES string of the molecule is CC(C)(C)OC(=O)N[C@@H](Cc1ccc(CO)cc1)[C@H]1CO1. The van der Waals surface area contributed by atoms with Crippen molar-refractivity contribution in [3.05, 3.63) is 35.4 Å². The highest BCUT2D eigenvalue weighted by molar-refractivity contribution is 5.68. The third-order valence-electron chi connectivity index (χ3n) is 3.17. The molecule has 1 aliphatic rings. The minimum Gasteiger partial charge on any atom is -0.444 e. The fourth-order valence-corrected chi connectivity index (χ4v) is 2.06. The topological polar surface area (TPSA) is 71.1 Å². The molecule has 0 aromatic heterocycles. The summed E-state index contributed by atoms with van der Waals surface area (Å²) in [6.07, 6.45) is 0.306. The molecule has 21 heavy (non-hydrogen) atoms. The van der Waals surface area contributed by atoms with Gasteiger partial charge >= 0.3 is 6.09 Å². The Labute approximate surface area is 125 Å². The van der Waals surface area contributed by atoms with E-state index >= 15 is 0 Å². The van der Waals surface area contributed by atoms with Gasteiger partial charge in [-0.05, 0) is 38.3 Å². The van der Waals surface area contributed by atoms with Crippen molar-refractivity contribution in [1.82, 2.24) is 5.32 Å². The van der Waals surface area contributed by atoms with E-state index in [1.807, 2.05) is 45.0 Å². The number of hydrogen-bond acceptors (Lipinski definition) is 4. The summed E-state index contributed by atoms with van der Waals surface area (Å²) in [5.74, 6) is 0. The van der Waals surface area contributed by atoms with Crippen molar-refractivity contribution in [2.24, 2.45) is 0 Å². The number of alkyl carbamates (subject to hydrolysis) is 1. The van der Waals surface area contributed by atoms with Gasteiger partial charge in [0.2, 0.25) is 0 Å². The first kappa shape index (κ1) is 15.8. The van der Waals surface area contributed by atoms with Gasteiger partial charge in [-0.1, -0.05) is 24.3 Å². The van der Waals surface area contributed by atoms with E-state index < -0.39 is 11.7 Å². The highest BCUT2D eigenvalue weighted by Crippen LogP contribution is 2.19. The molecule has 2 rings (SSSR count). The largest absolute Gasteiger partial charge is 0.444 e. The van der Waals surface area contributed by atoms with Gasteiger partial charge in [-0.2, -0.15) is 0 Å². The number of amides is 1. The maximum absolute atomic E-state index is 11.9. The van der Waals surface area contributed by atoms with E-state index in [-0.39, 0.29) is 18.8 Å². The average Bonchev–Trinajstić information content (AvgIpc) is 3.21. The van der Waals surface area contributed by atoms with Crippen LogP contribution in [-0.2, 0) is 22.5 Å². The fraction of sp³-hybridized carbons (Fsp3) is 0.562. The molecule has 5 nitrogen and oxygen atoms in total. The molecule has 1 amide bonds. The number of nitrogens with one attached hydrogen (secondary N) is 1. The molecule has 2 atom stereocenters. The lowest BCUT2D eigenvalue weighted by Crippen LogP contribution is -2.43. The van der Waals surface area contributed by atoms with E-state index in [2.05, 4.69) is 5.32 Å². The molecule has 1 aromatic carbocycles. The second-order valence-corrected chi connectivity index (χ2v) is 6.30. The van der Waals surface area contributed by atoms with Gasteiger partial charge in [-0.25, -0.2) is 4.79 Å². The van der Waals surface area contributed by atoms with Crippen LogP contribution in [0.4, 0.5) is 4.79 Å². The Kier molecular flexibility index (Phi) is 4.85. The number of ether oxygens (including phenoxy) is 2. The number of carbonyl (C=O) groups is 1. The molecule has 1 saturated heterocycles. The molecule has 0 bridgehead atoms. The number of carbonyl (C=O) groups excluding carboxylic acids is 1. The van der Waals surface area contributed by atoms with E-state index in [4.69, 9.17) is 14.6 Å². The zero-order valence-corrected chi connectivity index (χ0v) is 12.8. The third-order valence-corrected chi connectivity index (χ3v) is 3.17. The van der Waals surface area contributed by atoms with Crippen LogP contribution in [0.2, 0.25) is 0 Å². The summed E-state index contributed by atoms with van der Waals surface area (Å²) in [5, 5.41) is 11.9. The summed E-state index contributed by atoms with van der Waals surface area (Å²) in [5.41, 5.74) is 1.45. The van der Waals surface area contributed by atoms with Crippen molar-refractivity contribution in [1.29, 1.82) is 0 Å². The summed E-state index contributed by atoms with van der Waals surface area (Å²) in [6.45, 7) is 6.20. The summed E-state index contributed by atoms with van der Waals surface area (Å²) in [6, 6.07) is 7.58. The lowest BCUT2D eigenvalue weighted by atomic mass is 10.0. The first-order valence-corrected chi connectivity index (χ1v) is 7.17. The van der Waals surface area contributed by atoms with Crippen LogP contribution in [0.1, 0.15) is 31.9 Å². The van der Waals surface area contributed by atoms with Crippen LogP contribution >= 0.6 is 0 Å². The Bertz CT molecular complexity index is 474. The number of rotatable bonds is 5. The molecule has 1 fully saturated rings. The molecular weight excluding hydrogens is 270 g/mol. The van der Waals surface area contributed by atoms with Crippen LogP contribution in [0, 0.1) is 0 Å². The first-order chi connectivity index (χ1) is 9.87. The molecule has 2 N–H and O–H groups in total. The number of aliphatic hydroxyl groups excluding tert-OH is 1.